The smallest absolute Gasteiger partial charge is 0.174 e. The summed E-state index contributed by atoms with van der Waals surface area (Å²) >= 11 is 6.27. The van der Waals surface area contributed by atoms with Gasteiger partial charge in [-0.05, 0) is 45.7 Å². The highest BCUT2D eigenvalue weighted by atomic mass is 79.9. The number of amidine groups is 1. The zero-order valence-electron chi connectivity index (χ0n) is 7.98. The zero-order valence-corrected chi connectivity index (χ0v) is 11.2. The molecule has 7 heteroatoms. The third-order valence-electron chi connectivity index (χ3n) is 1.78. The van der Waals surface area contributed by atoms with Gasteiger partial charge in [0.2, 0.25) is 0 Å². The van der Waals surface area contributed by atoms with Crippen molar-refractivity contribution in [3.05, 3.63) is 34.6 Å². The second kappa shape index (κ2) is 4.94. The van der Waals surface area contributed by atoms with Crippen LogP contribution in [0.4, 0.5) is 0 Å². The van der Waals surface area contributed by atoms with Crippen LogP contribution in [0.1, 0.15) is 5.56 Å². The van der Waals surface area contributed by atoms with Crippen LogP contribution in [0, 0.1) is 5.41 Å². The van der Waals surface area contributed by atoms with Crippen LogP contribution in [0.3, 0.4) is 0 Å². The summed E-state index contributed by atoms with van der Waals surface area (Å²) in [6.45, 7) is 0. The van der Waals surface area contributed by atoms with Crippen LogP contribution in [-0.4, -0.2) is 15.2 Å². The first-order valence-electron chi connectivity index (χ1n) is 4.25. The van der Waals surface area contributed by atoms with Gasteiger partial charge in [-0.25, -0.2) is 4.98 Å². The van der Waals surface area contributed by atoms with E-state index in [1.54, 1.807) is 0 Å². The number of aromatic nitrogens is 2. The Bertz CT molecular complexity index is 512. The summed E-state index contributed by atoms with van der Waals surface area (Å²) in [6.07, 6.45) is 1.53. The average Bonchev–Trinajstić information content (AvgIpc) is 2.70. The third kappa shape index (κ3) is 2.60. The first-order chi connectivity index (χ1) is 7.66. The van der Waals surface area contributed by atoms with E-state index in [1.165, 1.54) is 29.6 Å². The van der Waals surface area contributed by atoms with Crippen LogP contribution in [0.2, 0.25) is 0 Å². The molecule has 16 heavy (non-hydrogen) atoms. The Morgan fingerprint density at radius 1 is 1.50 bits per heavy atom. The van der Waals surface area contributed by atoms with Crippen LogP contribution < -0.4 is 5.73 Å². The van der Waals surface area contributed by atoms with Crippen molar-refractivity contribution in [2.75, 3.05) is 0 Å². The SMILES string of the molecule is N=C(N)c1ccc(Sc2ncns2)cc1Br. The highest BCUT2D eigenvalue weighted by Crippen LogP contribution is 2.31. The molecule has 0 amide bonds. The molecular formula is C9H7BrN4S2. The molecule has 0 bridgehead atoms. The first kappa shape index (κ1) is 11.6. The molecule has 3 N–H and O–H groups in total. The van der Waals surface area contributed by atoms with E-state index in [0.717, 1.165) is 13.7 Å². The van der Waals surface area contributed by atoms with Gasteiger partial charge in [-0.1, -0.05) is 11.8 Å². The lowest BCUT2D eigenvalue weighted by atomic mass is 10.2. The lowest BCUT2D eigenvalue weighted by Crippen LogP contribution is -2.11. The van der Waals surface area contributed by atoms with Crippen molar-refractivity contribution in [3.63, 3.8) is 0 Å². The van der Waals surface area contributed by atoms with E-state index < -0.39 is 0 Å². The Balaban J connectivity index is 2.24. The molecule has 0 spiro atoms. The molecule has 0 atom stereocenters. The van der Waals surface area contributed by atoms with Crippen molar-refractivity contribution >= 4 is 45.1 Å². The van der Waals surface area contributed by atoms with E-state index in [0.29, 0.717) is 5.56 Å². The van der Waals surface area contributed by atoms with E-state index in [1.807, 2.05) is 18.2 Å². The van der Waals surface area contributed by atoms with Crippen LogP contribution in [0.5, 0.6) is 0 Å². The summed E-state index contributed by atoms with van der Waals surface area (Å²) in [5.41, 5.74) is 6.12. The Morgan fingerprint density at radius 2 is 2.31 bits per heavy atom. The molecular weight excluding hydrogens is 308 g/mol. The molecule has 0 aliphatic rings. The van der Waals surface area contributed by atoms with Crippen LogP contribution in [0.25, 0.3) is 0 Å². The number of hydrogen-bond donors (Lipinski definition) is 2. The highest BCUT2D eigenvalue weighted by molar-refractivity contribution is 9.10. The maximum Gasteiger partial charge on any atom is 0.174 e. The molecule has 82 valence electrons. The summed E-state index contributed by atoms with van der Waals surface area (Å²) in [6, 6.07) is 5.64. The Kier molecular flexibility index (Phi) is 3.57. The lowest BCUT2D eigenvalue weighted by molar-refractivity contribution is 1.21. The summed E-state index contributed by atoms with van der Waals surface area (Å²) in [7, 11) is 0. The van der Waals surface area contributed by atoms with Gasteiger partial charge in [0.05, 0.1) is 0 Å². The minimum Gasteiger partial charge on any atom is -0.384 e. The van der Waals surface area contributed by atoms with E-state index in [2.05, 4.69) is 25.3 Å². The fourth-order valence-corrected chi connectivity index (χ4v) is 3.29. The number of nitrogens with two attached hydrogens (primary N) is 1. The largest absolute Gasteiger partial charge is 0.384 e. The molecule has 0 radical (unpaired) electrons. The Morgan fingerprint density at radius 3 is 2.88 bits per heavy atom. The zero-order chi connectivity index (χ0) is 11.5. The van der Waals surface area contributed by atoms with Gasteiger partial charge in [-0.2, -0.15) is 4.37 Å². The minimum absolute atomic E-state index is 0.0549. The van der Waals surface area contributed by atoms with Crippen molar-refractivity contribution in [3.8, 4) is 0 Å². The number of benzene rings is 1. The van der Waals surface area contributed by atoms with Crippen molar-refractivity contribution < 1.29 is 0 Å². The van der Waals surface area contributed by atoms with Gasteiger partial charge in [-0.15, -0.1) is 0 Å². The number of nitrogen functional groups attached to an aromatic ring is 1. The van der Waals surface area contributed by atoms with Gasteiger partial charge >= 0.3 is 0 Å². The summed E-state index contributed by atoms with van der Waals surface area (Å²) in [5.74, 6) is 0.0549. The number of hydrogen-bond acceptors (Lipinski definition) is 5. The van der Waals surface area contributed by atoms with Gasteiger partial charge in [0, 0.05) is 14.9 Å². The number of nitrogens with zero attached hydrogens (tertiary/aromatic N) is 2. The van der Waals surface area contributed by atoms with Crippen LogP contribution >= 0.6 is 39.2 Å². The summed E-state index contributed by atoms with van der Waals surface area (Å²) in [4.78, 5) is 5.12. The maximum atomic E-state index is 7.36. The molecule has 4 nitrogen and oxygen atoms in total. The van der Waals surface area contributed by atoms with Crippen LogP contribution in [0.15, 0.2) is 38.2 Å². The maximum absolute atomic E-state index is 7.36. The standard InChI is InChI=1S/C9H7BrN4S2/c10-7-3-5(1-2-6(7)8(11)12)15-9-13-4-14-16-9/h1-4H,(H3,11,12). The van der Waals surface area contributed by atoms with E-state index in [4.69, 9.17) is 11.1 Å². The molecule has 2 aromatic rings. The van der Waals surface area contributed by atoms with E-state index >= 15 is 0 Å². The Hall–Kier alpha value is -0.920. The molecule has 0 unspecified atom stereocenters. The molecule has 0 aliphatic carbocycles. The van der Waals surface area contributed by atoms with Crippen molar-refractivity contribution in [1.82, 2.24) is 9.36 Å². The number of nitrogens with one attached hydrogen (secondary N) is 1. The lowest BCUT2D eigenvalue weighted by Gasteiger charge is -2.04. The quantitative estimate of drug-likeness (QED) is 0.674. The third-order valence-corrected chi connectivity index (χ3v) is 4.14. The van der Waals surface area contributed by atoms with Gasteiger partial charge in [-0.3, -0.25) is 5.41 Å². The molecule has 2 rings (SSSR count). The molecule has 0 fully saturated rings. The first-order valence-corrected chi connectivity index (χ1v) is 6.63. The molecule has 1 aromatic carbocycles. The molecule has 0 aliphatic heterocycles. The fourth-order valence-electron chi connectivity index (χ4n) is 1.09. The monoisotopic (exact) mass is 314 g/mol. The van der Waals surface area contributed by atoms with E-state index in [-0.39, 0.29) is 5.84 Å². The van der Waals surface area contributed by atoms with Gasteiger partial charge < -0.3 is 5.73 Å². The molecule has 1 aromatic heterocycles. The van der Waals surface area contributed by atoms with Gasteiger partial charge in [0.15, 0.2) is 4.34 Å². The molecule has 0 saturated heterocycles. The number of halogens is 1. The predicted molar refractivity (Wildman–Crippen MR) is 69.2 cm³/mol. The summed E-state index contributed by atoms with van der Waals surface area (Å²) < 4.78 is 5.64. The van der Waals surface area contributed by atoms with Crippen LogP contribution in [-0.2, 0) is 0 Å². The number of rotatable bonds is 3. The highest BCUT2D eigenvalue weighted by Gasteiger charge is 2.06. The minimum atomic E-state index is 0.0549. The van der Waals surface area contributed by atoms with Crippen molar-refractivity contribution in [2.24, 2.45) is 5.73 Å². The average molecular weight is 315 g/mol. The predicted octanol–water partition coefficient (Wildman–Crippen LogP) is 2.74. The van der Waals surface area contributed by atoms with Gasteiger partial charge in [0.25, 0.3) is 0 Å². The normalized spacial score (nSPS) is 10.3. The molecule has 1 heterocycles. The van der Waals surface area contributed by atoms with Gasteiger partial charge in [0.1, 0.15) is 12.2 Å². The molecule has 0 saturated carbocycles. The topological polar surface area (TPSA) is 75.7 Å². The second-order valence-electron chi connectivity index (χ2n) is 2.86. The van der Waals surface area contributed by atoms with Crippen molar-refractivity contribution in [1.29, 1.82) is 5.41 Å². The Labute approximate surface area is 109 Å². The summed E-state index contributed by atoms with van der Waals surface area (Å²) in [5, 5.41) is 7.36. The second-order valence-corrected chi connectivity index (χ2v) is 5.82. The fraction of sp³-hybridized carbons (Fsp3) is 0. The van der Waals surface area contributed by atoms with E-state index in [9.17, 15) is 0 Å². The van der Waals surface area contributed by atoms with Crippen molar-refractivity contribution in [2.45, 2.75) is 9.24 Å².